The van der Waals surface area contributed by atoms with Crippen LogP contribution < -0.4 is 0 Å². The van der Waals surface area contributed by atoms with Crippen LogP contribution in [0, 0.1) is 0 Å². The van der Waals surface area contributed by atoms with Crippen LogP contribution in [0.1, 0.15) is 26.3 Å². The number of benzene rings is 10. The molecule has 0 heterocycles. The summed E-state index contributed by atoms with van der Waals surface area (Å²) in [6, 6.07) is 49.0. The molecule has 0 bridgehead atoms. The van der Waals surface area contributed by atoms with E-state index < -0.39 is 0 Å². The molecule has 0 radical (unpaired) electrons. The maximum absolute atomic E-state index is 2.48. The van der Waals surface area contributed by atoms with Gasteiger partial charge in [-0.1, -0.05) is 106 Å². The maximum Gasteiger partial charge on any atom is -0.00137 e. The smallest absolute Gasteiger partial charge is 0.00137 e. The van der Waals surface area contributed by atoms with Gasteiger partial charge in [-0.05, 0) is 162 Å². The van der Waals surface area contributed by atoms with E-state index in [9.17, 15) is 0 Å². The molecule has 0 fully saturated rings. The van der Waals surface area contributed by atoms with E-state index in [1.807, 2.05) is 0 Å². The lowest BCUT2D eigenvalue weighted by atomic mass is 9.82. The second kappa shape index (κ2) is 8.22. The Morgan fingerprint density at radius 1 is 0.304 bits per heavy atom. The van der Waals surface area contributed by atoms with Gasteiger partial charge in [0.15, 0.2) is 0 Å². The summed E-state index contributed by atoms with van der Waals surface area (Å²) >= 11 is 0. The molecule has 11 rings (SSSR count). The van der Waals surface area contributed by atoms with Gasteiger partial charge in [0.25, 0.3) is 0 Å². The SMILES string of the molecule is CC(C)(C)c1cc2ccc3ccc4c5c(cc(c1)c2c35)-c1cc2cc3c5ccccc5c5cc6ccccc6cc5c3cc2cc1-4. The van der Waals surface area contributed by atoms with Gasteiger partial charge in [0, 0.05) is 0 Å². The Kier molecular flexibility index (Phi) is 4.43. The molecule has 0 saturated heterocycles. The van der Waals surface area contributed by atoms with Crippen molar-refractivity contribution in [3.05, 3.63) is 133 Å². The summed E-state index contributed by atoms with van der Waals surface area (Å²) in [6.07, 6.45) is 0. The molecule has 0 aromatic heterocycles. The first-order valence-corrected chi connectivity index (χ1v) is 16.4. The lowest BCUT2D eigenvalue weighted by molar-refractivity contribution is 0.591. The first kappa shape index (κ1) is 24.8. The average molecular weight is 583 g/mol. The Morgan fingerprint density at radius 3 is 1.46 bits per heavy atom. The van der Waals surface area contributed by atoms with E-state index in [1.165, 1.54) is 114 Å². The highest BCUT2D eigenvalue weighted by molar-refractivity contribution is 6.33. The fourth-order valence-electron chi connectivity index (χ4n) is 8.69. The molecule has 10 aromatic carbocycles. The zero-order valence-electron chi connectivity index (χ0n) is 26.1. The van der Waals surface area contributed by atoms with Gasteiger partial charge in [0.05, 0.1) is 0 Å². The van der Waals surface area contributed by atoms with Crippen molar-refractivity contribution >= 4 is 86.2 Å². The minimum Gasteiger partial charge on any atom is -0.0616 e. The van der Waals surface area contributed by atoms with Gasteiger partial charge in [-0.2, -0.15) is 0 Å². The molecule has 0 spiro atoms. The van der Waals surface area contributed by atoms with Crippen molar-refractivity contribution in [1.29, 1.82) is 0 Å². The van der Waals surface area contributed by atoms with E-state index in [-0.39, 0.29) is 5.41 Å². The maximum atomic E-state index is 2.48. The highest BCUT2D eigenvalue weighted by Crippen LogP contribution is 2.53. The van der Waals surface area contributed by atoms with Crippen LogP contribution in [0.4, 0.5) is 0 Å². The lowest BCUT2D eigenvalue weighted by Crippen LogP contribution is -2.10. The Labute approximate surface area is 266 Å². The summed E-state index contributed by atoms with van der Waals surface area (Å²) in [6.45, 7) is 6.95. The standard InChI is InChI=1S/C46H30/c1-46(2,3)32-16-28-13-12-25-14-15-35-38-21-30-22-40-37(20-29(30)23-41(38)42-24-31(17-32)43(28)44(25)45(35)42)34-11-7-6-10-33(34)36-18-26-8-4-5-9-27(26)19-39(36)40/h4-24H,1-3H3. The normalized spacial score (nSPS) is 13.1. The van der Waals surface area contributed by atoms with E-state index in [2.05, 4.69) is 148 Å². The Morgan fingerprint density at radius 2 is 0.804 bits per heavy atom. The molecular weight excluding hydrogens is 553 g/mol. The van der Waals surface area contributed by atoms with Crippen molar-refractivity contribution in [1.82, 2.24) is 0 Å². The van der Waals surface area contributed by atoms with Crippen molar-refractivity contribution in [3.63, 3.8) is 0 Å². The van der Waals surface area contributed by atoms with Gasteiger partial charge in [-0.15, -0.1) is 0 Å². The van der Waals surface area contributed by atoms with Crippen LogP contribution >= 0.6 is 0 Å². The van der Waals surface area contributed by atoms with Crippen molar-refractivity contribution in [3.8, 4) is 22.3 Å². The Balaban J connectivity index is 1.27. The third-order valence-corrected chi connectivity index (χ3v) is 10.9. The fourth-order valence-corrected chi connectivity index (χ4v) is 8.69. The third-order valence-electron chi connectivity index (χ3n) is 10.9. The van der Waals surface area contributed by atoms with Gasteiger partial charge in [-0.25, -0.2) is 0 Å². The molecule has 214 valence electrons. The molecule has 0 unspecified atom stereocenters. The highest BCUT2D eigenvalue weighted by Gasteiger charge is 2.26. The van der Waals surface area contributed by atoms with Crippen LogP contribution in [-0.2, 0) is 5.41 Å². The van der Waals surface area contributed by atoms with Crippen LogP contribution in [0.3, 0.4) is 0 Å². The molecule has 1 aliphatic rings. The van der Waals surface area contributed by atoms with Gasteiger partial charge in [0.1, 0.15) is 0 Å². The largest absolute Gasteiger partial charge is 0.0616 e. The molecule has 0 nitrogen and oxygen atoms in total. The van der Waals surface area contributed by atoms with Crippen LogP contribution in [0.15, 0.2) is 127 Å². The molecule has 0 atom stereocenters. The van der Waals surface area contributed by atoms with Gasteiger partial charge in [-0.3, -0.25) is 0 Å². The fraction of sp³-hybridized carbons (Fsp3) is 0.0870. The molecule has 0 heteroatoms. The molecular formula is C46H30. The predicted molar refractivity (Wildman–Crippen MR) is 201 cm³/mol. The van der Waals surface area contributed by atoms with E-state index in [1.54, 1.807) is 0 Å². The van der Waals surface area contributed by atoms with Gasteiger partial charge < -0.3 is 0 Å². The monoisotopic (exact) mass is 582 g/mol. The molecule has 10 aromatic rings. The van der Waals surface area contributed by atoms with Crippen molar-refractivity contribution < 1.29 is 0 Å². The summed E-state index contributed by atoms with van der Waals surface area (Å²) in [5, 5.41) is 21.4. The zero-order chi connectivity index (χ0) is 30.5. The van der Waals surface area contributed by atoms with Crippen LogP contribution in [0.2, 0.25) is 0 Å². The predicted octanol–water partition coefficient (Wildman–Crippen LogP) is 13.3. The summed E-state index contributed by atoms with van der Waals surface area (Å²) in [4.78, 5) is 0. The molecule has 0 saturated carbocycles. The minimum atomic E-state index is 0.0877. The van der Waals surface area contributed by atoms with Crippen LogP contribution in [0.25, 0.3) is 108 Å². The van der Waals surface area contributed by atoms with Crippen LogP contribution in [-0.4, -0.2) is 0 Å². The molecule has 1 aliphatic carbocycles. The molecule has 0 N–H and O–H groups in total. The second-order valence-corrected chi connectivity index (χ2v) is 14.6. The van der Waals surface area contributed by atoms with Crippen molar-refractivity contribution in [2.75, 3.05) is 0 Å². The quantitative estimate of drug-likeness (QED) is 0.123. The van der Waals surface area contributed by atoms with E-state index in [0.29, 0.717) is 0 Å². The highest BCUT2D eigenvalue weighted by atomic mass is 14.3. The second-order valence-electron chi connectivity index (χ2n) is 14.6. The molecule has 0 aliphatic heterocycles. The summed E-state index contributed by atoms with van der Waals surface area (Å²) in [5.41, 5.74) is 6.92. The van der Waals surface area contributed by atoms with Crippen molar-refractivity contribution in [2.24, 2.45) is 0 Å². The Hall–Kier alpha value is -5.46. The lowest BCUT2D eigenvalue weighted by Gasteiger charge is -2.22. The van der Waals surface area contributed by atoms with Gasteiger partial charge in [0.2, 0.25) is 0 Å². The van der Waals surface area contributed by atoms with E-state index >= 15 is 0 Å². The van der Waals surface area contributed by atoms with Crippen LogP contribution in [0.5, 0.6) is 0 Å². The number of fused-ring (bicyclic) bond motifs is 11. The van der Waals surface area contributed by atoms with E-state index in [4.69, 9.17) is 0 Å². The van der Waals surface area contributed by atoms with Gasteiger partial charge >= 0.3 is 0 Å². The Bertz CT molecular complexity index is 2980. The number of hydrogen-bond acceptors (Lipinski definition) is 0. The molecule has 46 heavy (non-hydrogen) atoms. The average Bonchev–Trinajstić information content (AvgIpc) is 3.38. The van der Waals surface area contributed by atoms with E-state index in [0.717, 1.165) is 0 Å². The third kappa shape index (κ3) is 3.09. The zero-order valence-corrected chi connectivity index (χ0v) is 26.1. The summed E-state index contributed by atoms with van der Waals surface area (Å²) in [7, 11) is 0. The van der Waals surface area contributed by atoms with Crippen molar-refractivity contribution in [2.45, 2.75) is 26.2 Å². The minimum absolute atomic E-state index is 0.0877. The number of hydrogen-bond donors (Lipinski definition) is 0. The first-order valence-electron chi connectivity index (χ1n) is 16.4. The first-order chi connectivity index (χ1) is 22.4. The topological polar surface area (TPSA) is 0 Å². The summed E-state index contributed by atoms with van der Waals surface area (Å²) < 4.78 is 0. The summed E-state index contributed by atoms with van der Waals surface area (Å²) in [5.74, 6) is 0. The number of rotatable bonds is 0. The molecule has 0 amide bonds.